The first-order chi connectivity index (χ1) is 10.1. The molecule has 0 aromatic carbocycles. The highest BCUT2D eigenvalue weighted by Gasteiger charge is 2.26. The maximum atomic E-state index is 12.1. The largest absolute Gasteiger partial charge is 0.475 e. The van der Waals surface area contributed by atoms with E-state index in [1.807, 2.05) is 13.0 Å². The van der Waals surface area contributed by atoms with Gasteiger partial charge in [-0.2, -0.15) is 4.31 Å². The molecule has 1 aliphatic heterocycles. The van der Waals surface area contributed by atoms with Crippen LogP contribution >= 0.6 is 0 Å². The molecule has 0 saturated carbocycles. The maximum Gasteiger partial charge on any atom is 0.214 e. The molecule has 1 aliphatic rings. The fraction of sp³-hybridized carbons (Fsp3) is 0.643. The monoisotopic (exact) mass is 314 g/mol. The minimum Gasteiger partial charge on any atom is -0.475 e. The zero-order valence-corrected chi connectivity index (χ0v) is 13.4. The van der Waals surface area contributed by atoms with Crippen LogP contribution in [0.3, 0.4) is 0 Å². The van der Waals surface area contributed by atoms with Gasteiger partial charge in [0.2, 0.25) is 15.9 Å². The summed E-state index contributed by atoms with van der Waals surface area (Å²) in [6, 6.07) is 3.68. The molecule has 7 heteroatoms. The Morgan fingerprint density at radius 1 is 1.33 bits per heavy atom. The summed E-state index contributed by atoms with van der Waals surface area (Å²) in [5.41, 5.74) is 1.88. The first kappa shape index (κ1) is 16.2. The lowest BCUT2D eigenvalue weighted by Gasteiger charge is -2.27. The smallest absolute Gasteiger partial charge is 0.214 e. The minimum absolute atomic E-state index is 0.202. The van der Waals surface area contributed by atoms with E-state index in [0.29, 0.717) is 45.0 Å². The van der Waals surface area contributed by atoms with Crippen LogP contribution < -0.4 is 4.74 Å². The molecule has 0 amide bonds. The van der Waals surface area contributed by atoms with E-state index in [4.69, 9.17) is 9.47 Å². The Morgan fingerprint density at radius 2 is 2.14 bits per heavy atom. The predicted octanol–water partition coefficient (Wildman–Crippen LogP) is 1.20. The Kier molecular flexibility index (Phi) is 5.55. The van der Waals surface area contributed by atoms with Gasteiger partial charge >= 0.3 is 0 Å². The van der Waals surface area contributed by atoms with E-state index in [0.717, 1.165) is 11.3 Å². The molecule has 21 heavy (non-hydrogen) atoms. The van der Waals surface area contributed by atoms with Crippen molar-refractivity contribution in [3.8, 4) is 5.88 Å². The Bertz CT molecular complexity index is 574. The Labute approximate surface area is 126 Å². The Balaban J connectivity index is 2.05. The lowest BCUT2D eigenvalue weighted by molar-refractivity contribution is 0.143. The molecule has 0 bridgehead atoms. The third kappa shape index (κ3) is 4.15. The molecular weight excluding hydrogens is 292 g/mol. The van der Waals surface area contributed by atoms with E-state index in [2.05, 4.69) is 4.98 Å². The van der Waals surface area contributed by atoms with Crippen molar-refractivity contribution in [3.63, 3.8) is 0 Å². The molecule has 0 aliphatic carbocycles. The summed E-state index contributed by atoms with van der Waals surface area (Å²) in [5, 5.41) is 0. The van der Waals surface area contributed by atoms with Crippen LogP contribution in [0, 0.1) is 0 Å². The quantitative estimate of drug-likeness (QED) is 0.708. The van der Waals surface area contributed by atoms with E-state index in [-0.39, 0.29) is 5.75 Å². The van der Waals surface area contributed by atoms with Crippen molar-refractivity contribution < 1.29 is 17.9 Å². The number of pyridine rings is 1. The molecule has 1 aromatic heterocycles. The number of hydrogen-bond acceptors (Lipinski definition) is 5. The molecule has 2 rings (SSSR count). The van der Waals surface area contributed by atoms with Gasteiger partial charge in [-0.1, -0.05) is 13.0 Å². The summed E-state index contributed by atoms with van der Waals surface area (Å²) in [4.78, 5) is 4.45. The number of ether oxygens (including phenoxy) is 2. The van der Waals surface area contributed by atoms with Gasteiger partial charge in [-0.3, -0.25) is 0 Å². The third-order valence-electron chi connectivity index (χ3n) is 3.38. The van der Waals surface area contributed by atoms with Gasteiger partial charge in [0.15, 0.2) is 0 Å². The Hall–Kier alpha value is -1.18. The van der Waals surface area contributed by atoms with Crippen molar-refractivity contribution in [1.82, 2.24) is 9.29 Å². The van der Waals surface area contributed by atoms with Gasteiger partial charge < -0.3 is 9.47 Å². The van der Waals surface area contributed by atoms with Crippen molar-refractivity contribution in [2.24, 2.45) is 0 Å². The van der Waals surface area contributed by atoms with Gasteiger partial charge in [0, 0.05) is 32.7 Å². The normalized spacial score (nSPS) is 15.7. The molecule has 0 saturated heterocycles. The van der Waals surface area contributed by atoms with Crippen molar-refractivity contribution in [2.45, 2.75) is 26.3 Å². The van der Waals surface area contributed by atoms with Crippen molar-refractivity contribution >= 4 is 10.0 Å². The molecule has 0 spiro atoms. The van der Waals surface area contributed by atoms with Gasteiger partial charge in [0.05, 0.1) is 18.1 Å². The van der Waals surface area contributed by atoms with Crippen molar-refractivity contribution in [3.05, 3.63) is 23.4 Å². The summed E-state index contributed by atoms with van der Waals surface area (Å²) in [6.45, 7) is 3.74. The first-order valence-corrected chi connectivity index (χ1v) is 8.76. The van der Waals surface area contributed by atoms with Crippen LogP contribution in [-0.2, 0) is 27.7 Å². The highest BCUT2D eigenvalue weighted by atomic mass is 32.2. The number of fused-ring (bicyclic) bond motifs is 1. The maximum absolute atomic E-state index is 12.1. The van der Waals surface area contributed by atoms with Crippen LogP contribution in [0.5, 0.6) is 5.88 Å². The van der Waals surface area contributed by atoms with Crippen LogP contribution in [-0.4, -0.2) is 50.3 Å². The second kappa shape index (κ2) is 7.20. The van der Waals surface area contributed by atoms with Gasteiger partial charge in [0.25, 0.3) is 0 Å². The Morgan fingerprint density at radius 3 is 2.86 bits per heavy atom. The molecule has 118 valence electrons. The van der Waals surface area contributed by atoms with Crippen LogP contribution in [0.4, 0.5) is 0 Å². The highest BCUT2D eigenvalue weighted by Crippen LogP contribution is 2.22. The SMILES string of the molecule is CCCS(=O)(=O)N1CCc2nc(OCCOC)ccc2C1. The zero-order valence-electron chi connectivity index (χ0n) is 12.5. The molecule has 2 heterocycles. The topological polar surface area (TPSA) is 68.7 Å². The van der Waals surface area contributed by atoms with Crippen LogP contribution in [0.25, 0.3) is 0 Å². The van der Waals surface area contributed by atoms with Gasteiger partial charge in [-0.25, -0.2) is 13.4 Å². The summed E-state index contributed by atoms with van der Waals surface area (Å²) < 4.78 is 36.2. The van der Waals surface area contributed by atoms with Crippen LogP contribution in [0.15, 0.2) is 12.1 Å². The zero-order chi connectivity index (χ0) is 15.3. The third-order valence-corrected chi connectivity index (χ3v) is 5.40. The predicted molar refractivity (Wildman–Crippen MR) is 79.8 cm³/mol. The van der Waals surface area contributed by atoms with Crippen LogP contribution in [0.2, 0.25) is 0 Å². The standard InChI is InChI=1S/C14H22N2O4S/c1-3-10-21(17,18)16-7-6-13-12(11-16)4-5-14(15-13)20-9-8-19-2/h4-5H,3,6-11H2,1-2H3. The lowest BCUT2D eigenvalue weighted by Crippen LogP contribution is -2.37. The average molecular weight is 314 g/mol. The van der Waals surface area contributed by atoms with Gasteiger partial charge in [-0.05, 0) is 12.0 Å². The molecule has 0 unspecified atom stereocenters. The molecule has 0 atom stereocenters. The van der Waals surface area contributed by atoms with Gasteiger partial charge in [-0.15, -0.1) is 0 Å². The molecule has 1 aromatic rings. The summed E-state index contributed by atoms with van der Waals surface area (Å²) in [5.74, 6) is 0.768. The first-order valence-electron chi connectivity index (χ1n) is 7.15. The molecule has 0 radical (unpaired) electrons. The summed E-state index contributed by atoms with van der Waals surface area (Å²) in [7, 11) is -1.53. The molecule has 0 N–H and O–H groups in total. The fourth-order valence-electron chi connectivity index (χ4n) is 2.30. The fourth-order valence-corrected chi connectivity index (χ4v) is 3.78. The van der Waals surface area contributed by atoms with E-state index in [1.165, 1.54) is 0 Å². The van der Waals surface area contributed by atoms with Gasteiger partial charge in [0.1, 0.15) is 6.61 Å². The number of hydrogen-bond donors (Lipinski definition) is 0. The summed E-state index contributed by atoms with van der Waals surface area (Å²) in [6.07, 6.45) is 1.26. The number of rotatable bonds is 7. The van der Waals surface area contributed by atoms with E-state index < -0.39 is 10.0 Å². The highest BCUT2D eigenvalue weighted by molar-refractivity contribution is 7.89. The van der Waals surface area contributed by atoms with Crippen LogP contribution in [0.1, 0.15) is 24.6 Å². The van der Waals surface area contributed by atoms with E-state index >= 15 is 0 Å². The van der Waals surface area contributed by atoms with E-state index in [9.17, 15) is 8.42 Å². The minimum atomic E-state index is -3.15. The second-order valence-electron chi connectivity index (χ2n) is 5.00. The molecule has 0 fully saturated rings. The molecule has 6 nitrogen and oxygen atoms in total. The van der Waals surface area contributed by atoms with E-state index in [1.54, 1.807) is 17.5 Å². The van der Waals surface area contributed by atoms with Crippen molar-refractivity contribution in [2.75, 3.05) is 32.6 Å². The number of sulfonamides is 1. The summed E-state index contributed by atoms with van der Waals surface area (Å²) >= 11 is 0. The lowest BCUT2D eigenvalue weighted by atomic mass is 10.1. The molecular formula is C14H22N2O4S. The number of nitrogens with zero attached hydrogens (tertiary/aromatic N) is 2. The number of aromatic nitrogens is 1. The second-order valence-corrected chi connectivity index (χ2v) is 7.08. The van der Waals surface area contributed by atoms with Crippen molar-refractivity contribution in [1.29, 1.82) is 0 Å². The number of methoxy groups -OCH3 is 1. The average Bonchev–Trinajstić information content (AvgIpc) is 2.47.